The molecule has 1 aliphatic rings. The van der Waals surface area contributed by atoms with Gasteiger partial charge in [-0.3, -0.25) is 9.59 Å². The van der Waals surface area contributed by atoms with Crippen LogP contribution in [0.2, 0.25) is 0 Å². The summed E-state index contributed by atoms with van der Waals surface area (Å²) in [5.74, 6) is -0.898. The third-order valence-corrected chi connectivity index (χ3v) is 4.92. The molecule has 1 saturated carbocycles. The highest BCUT2D eigenvalue weighted by molar-refractivity contribution is 5.92. The summed E-state index contributed by atoms with van der Waals surface area (Å²) in [6.07, 6.45) is 2.71. The summed E-state index contributed by atoms with van der Waals surface area (Å²) in [4.78, 5) is 24.3. The van der Waals surface area contributed by atoms with Gasteiger partial charge in [0.2, 0.25) is 5.91 Å². The van der Waals surface area contributed by atoms with Gasteiger partial charge >= 0.3 is 0 Å². The van der Waals surface area contributed by atoms with E-state index in [1.165, 1.54) is 10.9 Å². The molecule has 2 rings (SSSR count). The molecular formula is C17H29N5O4. The van der Waals surface area contributed by atoms with Crippen LogP contribution in [0.4, 0.5) is 0 Å². The van der Waals surface area contributed by atoms with Crippen molar-refractivity contribution < 1.29 is 19.8 Å². The number of nitrogens with one attached hydrogen (secondary N) is 2. The summed E-state index contributed by atoms with van der Waals surface area (Å²) >= 11 is 0. The molecule has 9 heteroatoms. The van der Waals surface area contributed by atoms with E-state index in [4.69, 9.17) is 0 Å². The highest BCUT2D eigenvalue weighted by Gasteiger charge is 2.45. The van der Waals surface area contributed by atoms with Crippen molar-refractivity contribution in [3.63, 3.8) is 0 Å². The van der Waals surface area contributed by atoms with E-state index in [0.29, 0.717) is 12.8 Å². The van der Waals surface area contributed by atoms with Gasteiger partial charge in [0, 0.05) is 6.54 Å². The maximum atomic E-state index is 12.2. The molecule has 3 atom stereocenters. The smallest absolute Gasteiger partial charge is 0.273 e. The lowest BCUT2D eigenvalue weighted by Gasteiger charge is -2.22. The number of aromatic nitrogens is 3. The monoisotopic (exact) mass is 367 g/mol. The van der Waals surface area contributed by atoms with Gasteiger partial charge in [0.25, 0.3) is 5.91 Å². The Kier molecular flexibility index (Phi) is 6.71. The molecule has 1 aliphatic carbocycles. The summed E-state index contributed by atoms with van der Waals surface area (Å²) in [5.41, 5.74) is -0.328. The van der Waals surface area contributed by atoms with Crippen molar-refractivity contribution in [3.05, 3.63) is 11.9 Å². The lowest BCUT2D eigenvalue weighted by atomic mass is 10.0. The van der Waals surface area contributed by atoms with Crippen molar-refractivity contribution in [2.45, 2.75) is 70.7 Å². The van der Waals surface area contributed by atoms with E-state index in [1.807, 2.05) is 20.8 Å². The average molecular weight is 367 g/mol. The van der Waals surface area contributed by atoms with Gasteiger partial charge in [0.1, 0.15) is 6.10 Å². The Morgan fingerprint density at radius 3 is 2.58 bits per heavy atom. The molecule has 146 valence electrons. The average Bonchev–Trinajstić information content (AvgIpc) is 3.24. The maximum Gasteiger partial charge on any atom is 0.273 e. The highest BCUT2D eigenvalue weighted by Crippen LogP contribution is 2.35. The van der Waals surface area contributed by atoms with E-state index < -0.39 is 23.7 Å². The van der Waals surface area contributed by atoms with Crippen LogP contribution in [-0.4, -0.2) is 61.3 Å². The van der Waals surface area contributed by atoms with E-state index in [9.17, 15) is 19.8 Å². The fourth-order valence-corrected chi connectivity index (χ4v) is 2.49. The first kappa shape index (κ1) is 20.3. The second-order valence-electron chi connectivity index (χ2n) is 7.17. The maximum absolute atomic E-state index is 12.2. The highest BCUT2D eigenvalue weighted by atomic mass is 16.3. The topological polar surface area (TPSA) is 129 Å². The van der Waals surface area contributed by atoms with Gasteiger partial charge in [0.05, 0.1) is 24.4 Å². The summed E-state index contributed by atoms with van der Waals surface area (Å²) in [6, 6.07) is 0. The molecule has 0 radical (unpaired) electrons. The van der Waals surface area contributed by atoms with Crippen molar-refractivity contribution in [3.8, 4) is 0 Å². The van der Waals surface area contributed by atoms with Crippen LogP contribution in [0, 0.1) is 5.92 Å². The van der Waals surface area contributed by atoms with Crippen LogP contribution >= 0.6 is 0 Å². The summed E-state index contributed by atoms with van der Waals surface area (Å²) < 4.78 is 1.43. The molecule has 2 amide bonds. The number of nitrogens with zero attached hydrogens (tertiary/aromatic N) is 3. The van der Waals surface area contributed by atoms with Gasteiger partial charge in [-0.15, -0.1) is 5.10 Å². The molecule has 4 N–H and O–H groups in total. The van der Waals surface area contributed by atoms with E-state index >= 15 is 0 Å². The minimum atomic E-state index is -1.04. The lowest BCUT2D eigenvalue weighted by molar-refractivity contribution is -0.132. The quantitative estimate of drug-likeness (QED) is 0.454. The molecule has 1 fully saturated rings. The zero-order chi connectivity index (χ0) is 19.3. The third-order valence-electron chi connectivity index (χ3n) is 4.92. The predicted molar refractivity (Wildman–Crippen MR) is 94.2 cm³/mol. The van der Waals surface area contributed by atoms with Crippen molar-refractivity contribution in [1.82, 2.24) is 25.6 Å². The second-order valence-corrected chi connectivity index (χ2v) is 7.17. The number of rotatable bonds is 10. The predicted octanol–water partition coefficient (Wildman–Crippen LogP) is -0.165. The number of hydrogen-bond donors (Lipinski definition) is 4. The molecule has 1 unspecified atom stereocenters. The first-order chi connectivity index (χ1) is 12.3. The summed E-state index contributed by atoms with van der Waals surface area (Å²) in [7, 11) is 0. The molecule has 0 aliphatic heterocycles. The molecule has 1 aromatic heterocycles. The molecule has 26 heavy (non-hydrogen) atoms. The minimum Gasteiger partial charge on any atom is -0.391 e. The summed E-state index contributed by atoms with van der Waals surface area (Å²) in [6.45, 7) is 6.15. The number of aliphatic hydroxyl groups excluding tert-OH is 2. The molecule has 1 aromatic rings. The van der Waals surface area contributed by atoms with Crippen LogP contribution in [0.5, 0.6) is 0 Å². The zero-order valence-electron chi connectivity index (χ0n) is 15.6. The first-order valence-corrected chi connectivity index (χ1v) is 9.16. The fourth-order valence-electron chi connectivity index (χ4n) is 2.49. The van der Waals surface area contributed by atoms with Crippen LogP contribution in [0.3, 0.4) is 0 Å². The zero-order valence-corrected chi connectivity index (χ0v) is 15.6. The Balaban J connectivity index is 1.84. The number of aliphatic hydroxyl groups is 2. The normalized spacial score (nSPS) is 18.7. The van der Waals surface area contributed by atoms with Crippen LogP contribution in [-0.2, 0) is 11.3 Å². The van der Waals surface area contributed by atoms with Gasteiger partial charge in [-0.25, -0.2) is 4.68 Å². The SMILES string of the molecule is CCC(O)Cn1cc(C(=O)NCC2(NC(=O)[C@@H](O)[C@@H](C)CC)CC2)nn1. The molecule has 0 saturated heterocycles. The van der Waals surface area contributed by atoms with Gasteiger partial charge < -0.3 is 20.8 Å². The molecule has 0 bridgehead atoms. The van der Waals surface area contributed by atoms with Gasteiger partial charge in [-0.2, -0.15) is 0 Å². The lowest BCUT2D eigenvalue weighted by Crippen LogP contribution is -2.50. The van der Waals surface area contributed by atoms with Crippen molar-refractivity contribution in [2.75, 3.05) is 6.54 Å². The largest absolute Gasteiger partial charge is 0.391 e. The number of amides is 2. The van der Waals surface area contributed by atoms with Crippen LogP contribution in [0.15, 0.2) is 6.20 Å². The summed E-state index contributed by atoms with van der Waals surface area (Å²) in [5, 5.41) is 32.8. The molecule has 0 spiro atoms. The van der Waals surface area contributed by atoms with E-state index in [0.717, 1.165) is 12.8 Å². The molecule has 1 heterocycles. The van der Waals surface area contributed by atoms with Gasteiger partial charge in [0.15, 0.2) is 5.69 Å². The molecule has 0 aromatic carbocycles. The van der Waals surface area contributed by atoms with Crippen LogP contribution in [0.25, 0.3) is 0 Å². The number of hydrogen-bond acceptors (Lipinski definition) is 6. The van der Waals surface area contributed by atoms with Gasteiger partial charge in [-0.1, -0.05) is 32.4 Å². The molecule has 9 nitrogen and oxygen atoms in total. The van der Waals surface area contributed by atoms with Crippen LogP contribution in [0.1, 0.15) is 56.9 Å². The van der Waals surface area contributed by atoms with Gasteiger partial charge in [-0.05, 0) is 25.2 Å². The Hall–Kier alpha value is -2.00. The van der Waals surface area contributed by atoms with Crippen molar-refractivity contribution in [2.24, 2.45) is 5.92 Å². The standard InChI is InChI=1S/C17H29N5O4/c1-4-11(3)14(24)16(26)19-17(6-7-17)10-18-15(25)13-9-22(21-20-13)8-12(23)5-2/h9,11-12,14,23-24H,4-8,10H2,1-3H3,(H,18,25)(H,19,26)/t11-,12?,14-/m0/s1. The van der Waals surface area contributed by atoms with E-state index in [2.05, 4.69) is 20.9 Å². The molecular weight excluding hydrogens is 338 g/mol. The Labute approximate surface area is 153 Å². The van der Waals surface area contributed by atoms with Crippen LogP contribution < -0.4 is 10.6 Å². The minimum absolute atomic E-state index is 0.117. The van der Waals surface area contributed by atoms with Crippen molar-refractivity contribution in [1.29, 1.82) is 0 Å². The van der Waals surface area contributed by atoms with E-state index in [1.54, 1.807) is 0 Å². The second kappa shape index (κ2) is 8.59. The Morgan fingerprint density at radius 2 is 2.00 bits per heavy atom. The van der Waals surface area contributed by atoms with Crippen molar-refractivity contribution >= 4 is 11.8 Å². The number of carbonyl (C=O) groups excluding carboxylic acids is 2. The Bertz CT molecular complexity index is 628. The van der Waals surface area contributed by atoms with E-state index in [-0.39, 0.29) is 30.6 Å². The first-order valence-electron chi connectivity index (χ1n) is 9.16. The fraction of sp³-hybridized carbons (Fsp3) is 0.765. The third kappa shape index (κ3) is 5.25. The Morgan fingerprint density at radius 1 is 1.31 bits per heavy atom. The number of carbonyl (C=O) groups is 2.